The minimum atomic E-state index is -0.938. The topological polar surface area (TPSA) is 170 Å². The van der Waals surface area contributed by atoms with Gasteiger partial charge in [-0.3, -0.25) is 9.59 Å². The molecule has 4 aromatic carbocycles. The first kappa shape index (κ1) is 54.8. The Balaban J connectivity index is 0.000000216. The van der Waals surface area contributed by atoms with Crippen molar-refractivity contribution in [1.29, 1.82) is 0 Å². The van der Waals surface area contributed by atoms with Gasteiger partial charge in [-0.15, -0.1) is 0 Å². The summed E-state index contributed by atoms with van der Waals surface area (Å²) in [5.41, 5.74) is -1.16. The average molecular weight is 1030 g/mol. The fourth-order valence-electron chi connectivity index (χ4n) is 10.6. The first-order valence-corrected chi connectivity index (χ1v) is 24.7. The minimum absolute atomic E-state index is 0.0508. The Bertz CT molecular complexity index is 2550. The summed E-state index contributed by atoms with van der Waals surface area (Å²) >= 11 is 0. The lowest BCUT2D eigenvalue weighted by atomic mass is 9.87. The second kappa shape index (κ2) is 21.9. The summed E-state index contributed by atoms with van der Waals surface area (Å²) in [6, 6.07) is 24.3. The van der Waals surface area contributed by atoms with Crippen LogP contribution in [0.25, 0.3) is 0 Å². The Morgan fingerprint density at radius 3 is 1.24 bits per heavy atom. The normalized spacial score (nSPS) is 25.6. The van der Waals surface area contributed by atoms with Crippen molar-refractivity contribution in [2.24, 2.45) is 11.8 Å². The van der Waals surface area contributed by atoms with E-state index in [1.165, 1.54) is 12.1 Å². The van der Waals surface area contributed by atoms with Crippen LogP contribution < -0.4 is 10.6 Å². The highest BCUT2D eigenvalue weighted by Gasteiger charge is 2.54. The number of ether oxygens (including phenoxy) is 4. The maximum Gasteiger partial charge on any atom is 0.416 e. The first-order valence-electron chi connectivity index (χ1n) is 24.7. The number of hydrogen-bond acceptors (Lipinski definition) is 10. The van der Waals surface area contributed by atoms with Gasteiger partial charge in [-0.05, 0) is 128 Å². The van der Waals surface area contributed by atoms with Crippen molar-refractivity contribution >= 4 is 36.2 Å². The lowest BCUT2D eigenvalue weighted by Gasteiger charge is -2.29. The third kappa shape index (κ3) is 13.4. The lowest BCUT2D eigenvalue weighted by molar-refractivity contribution is -0.134. The third-order valence-corrected chi connectivity index (χ3v) is 13.6. The zero-order chi connectivity index (χ0) is 53.9. The van der Waals surface area contributed by atoms with Crippen LogP contribution in [0.2, 0.25) is 0 Å². The Kier molecular flexibility index (Phi) is 16.2. The highest BCUT2D eigenvalue weighted by molar-refractivity contribution is 5.96. The standard InChI is InChI=1S/2C28H32F2N2O5/c2*1-27(2,3)37-25(34)31-28(4)14-21(20-11-10-18(29)13-23(20)30)22(15-28)24(33)32-19(16-36-26(32)35)12-17-8-6-5-7-9-17/h2*5-11,13,19,21-22H,12,14-16H2,1-4H3,(H,31,34)/t19-,21-,22+,28+;19-,21-,22+,28-/m00/s1. The molecule has 4 fully saturated rings. The summed E-state index contributed by atoms with van der Waals surface area (Å²) in [5.74, 6) is -7.18. The van der Waals surface area contributed by atoms with Crippen LogP contribution in [0.4, 0.5) is 36.7 Å². The van der Waals surface area contributed by atoms with E-state index in [9.17, 15) is 46.3 Å². The summed E-state index contributed by atoms with van der Waals surface area (Å²) in [4.78, 5) is 80.6. The van der Waals surface area contributed by atoms with Gasteiger partial charge in [0, 0.05) is 46.9 Å². The molecule has 396 valence electrons. The zero-order valence-electron chi connectivity index (χ0n) is 42.8. The molecule has 4 aromatic rings. The Hall–Kier alpha value is -6.98. The van der Waals surface area contributed by atoms with E-state index in [0.717, 1.165) is 45.2 Å². The molecule has 2 saturated carbocycles. The van der Waals surface area contributed by atoms with Gasteiger partial charge >= 0.3 is 24.4 Å². The van der Waals surface area contributed by atoms with Gasteiger partial charge in [-0.1, -0.05) is 72.8 Å². The number of carbonyl (C=O) groups excluding carboxylic acids is 6. The fourth-order valence-corrected chi connectivity index (χ4v) is 10.6. The molecular formula is C56H64F4N4O10. The van der Waals surface area contributed by atoms with E-state index in [2.05, 4.69) is 10.6 Å². The first-order chi connectivity index (χ1) is 34.7. The highest BCUT2D eigenvalue weighted by Crippen LogP contribution is 2.49. The summed E-state index contributed by atoms with van der Waals surface area (Å²) in [5, 5.41) is 5.67. The molecule has 8 rings (SSSR count). The van der Waals surface area contributed by atoms with E-state index in [1.807, 2.05) is 60.7 Å². The van der Waals surface area contributed by atoms with Gasteiger partial charge in [-0.2, -0.15) is 0 Å². The Morgan fingerprint density at radius 2 is 0.919 bits per heavy atom. The van der Waals surface area contributed by atoms with Gasteiger partial charge in [0.1, 0.15) is 47.7 Å². The molecule has 0 spiro atoms. The smallest absolute Gasteiger partial charge is 0.416 e. The Morgan fingerprint density at radius 1 is 0.568 bits per heavy atom. The van der Waals surface area contributed by atoms with Crippen LogP contribution in [0.1, 0.15) is 115 Å². The molecule has 0 bridgehead atoms. The summed E-state index contributed by atoms with van der Waals surface area (Å²) in [7, 11) is 0. The van der Waals surface area contributed by atoms with Crippen LogP contribution >= 0.6 is 0 Å². The van der Waals surface area contributed by atoms with Crippen LogP contribution in [-0.2, 0) is 41.4 Å². The van der Waals surface area contributed by atoms with Crippen molar-refractivity contribution < 1.29 is 65.3 Å². The van der Waals surface area contributed by atoms with Crippen LogP contribution in [0.3, 0.4) is 0 Å². The number of halogens is 4. The van der Waals surface area contributed by atoms with Crippen molar-refractivity contribution in [3.63, 3.8) is 0 Å². The van der Waals surface area contributed by atoms with E-state index in [0.29, 0.717) is 12.8 Å². The van der Waals surface area contributed by atoms with Crippen molar-refractivity contribution in [3.8, 4) is 0 Å². The monoisotopic (exact) mass is 1030 g/mol. The largest absolute Gasteiger partial charge is 0.447 e. The lowest BCUT2D eigenvalue weighted by Crippen LogP contribution is -2.47. The van der Waals surface area contributed by atoms with Gasteiger partial charge in [-0.25, -0.2) is 46.5 Å². The molecule has 8 atom stereocenters. The molecule has 74 heavy (non-hydrogen) atoms. The van der Waals surface area contributed by atoms with Crippen molar-refractivity contribution in [2.75, 3.05) is 13.2 Å². The van der Waals surface area contributed by atoms with Gasteiger partial charge in [0.05, 0.1) is 12.1 Å². The van der Waals surface area contributed by atoms with Gasteiger partial charge in [0.25, 0.3) is 0 Å². The summed E-state index contributed by atoms with van der Waals surface area (Å²) in [6.45, 7) is 14.0. The molecule has 18 heteroatoms. The zero-order valence-corrected chi connectivity index (χ0v) is 42.8. The van der Waals surface area contributed by atoms with Crippen molar-refractivity contribution in [3.05, 3.63) is 143 Å². The number of alkyl carbamates (subject to hydrolysis) is 2. The molecule has 2 heterocycles. The molecule has 2 aliphatic carbocycles. The van der Waals surface area contributed by atoms with E-state index >= 15 is 0 Å². The molecular weight excluding hydrogens is 965 g/mol. The van der Waals surface area contributed by atoms with Crippen LogP contribution in [-0.4, -0.2) is 93.6 Å². The number of imide groups is 2. The SMILES string of the molecule is CC(C)(C)OC(=O)N[C@@]1(C)C[C@@H](C(=O)N2C(=O)OC[C@@H]2Cc2ccccc2)[C@H](c2ccc(F)cc2F)C1.CC(C)(C)OC(=O)N[C@]1(C)C[C@@H](C(=O)N2C(=O)OC[C@@H]2Cc2ccccc2)[C@H](c2ccc(F)cc2F)C1. The quantitative estimate of drug-likeness (QED) is 0.115. The molecule has 0 aromatic heterocycles. The number of carbonyl (C=O) groups is 6. The number of amides is 6. The molecule has 2 aliphatic heterocycles. The predicted molar refractivity (Wildman–Crippen MR) is 263 cm³/mol. The number of hydrogen-bond donors (Lipinski definition) is 2. The minimum Gasteiger partial charge on any atom is -0.447 e. The number of benzene rings is 4. The van der Waals surface area contributed by atoms with Crippen LogP contribution in [0.5, 0.6) is 0 Å². The van der Waals surface area contributed by atoms with Gasteiger partial charge in [0.15, 0.2) is 0 Å². The average Bonchev–Trinajstić information content (AvgIpc) is 4.05. The highest BCUT2D eigenvalue weighted by atomic mass is 19.1. The second-order valence-corrected chi connectivity index (χ2v) is 22.2. The van der Waals surface area contributed by atoms with E-state index in [-0.39, 0.29) is 50.0 Å². The second-order valence-electron chi connectivity index (χ2n) is 22.2. The summed E-state index contributed by atoms with van der Waals surface area (Å²) in [6.07, 6.45) is -1.36. The van der Waals surface area contributed by atoms with Gasteiger partial charge < -0.3 is 29.6 Å². The fraction of sp³-hybridized carbons (Fsp3) is 0.464. The van der Waals surface area contributed by atoms with Gasteiger partial charge in [0.2, 0.25) is 11.8 Å². The molecule has 14 nitrogen and oxygen atoms in total. The number of nitrogens with zero attached hydrogens (tertiary/aromatic N) is 2. The maximum absolute atomic E-state index is 14.9. The van der Waals surface area contributed by atoms with Crippen molar-refractivity contribution in [1.82, 2.24) is 20.4 Å². The third-order valence-electron chi connectivity index (χ3n) is 13.6. The number of nitrogens with one attached hydrogen (secondary N) is 2. The molecule has 4 aliphatic rings. The summed E-state index contributed by atoms with van der Waals surface area (Å²) < 4.78 is 78.5. The van der Waals surface area contributed by atoms with E-state index in [1.54, 1.807) is 55.4 Å². The van der Waals surface area contributed by atoms with Crippen molar-refractivity contribution in [2.45, 2.75) is 140 Å². The van der Waals surface area contributed by atoms with E-state index < -0.39 is 117 Å². The maximum atomic E-state index is 14.9. The Labute approximate surface area is 428 Å². The molecule has 0 unspecified atom stereocenters. The molecule has 0 radical (unpaired) electrons. The number of cyclic esters (lactones) is 2. The molecule has 6 amide bonds. The van der Waals surface area contributed by atoms with Crippen LogP contribution in [0.15, 0.2) is 97.1 Å². The molecule has 2 saturated heterocycles. The van der Waals surface area contributed by atoms with E-state index in [4.69, 9.17) is 18.9 Å². The van der Waals surface area contributed by atoms with Crippen LogP contribution in [0, 0.1) is 35.1 Å². The number of rotatable bonds is 10. The molecule has 2 N–H and O–H groups in total. The predicted octanol–water partition coefficient (Wildman–Crippen LogP) is 10.7.